The molecule has 4 N–H and O–H groups in total. The van der Waals surface area contributed by atoms with Crippen molar-refractivity contribution >= 4 is 17.4 Å². The summed E-state index contributed by atoms with van der Waals surface area (Å²) in [6.07, 6.45) is -0.621. The number of nitrogens with zero attached hydrogens (tertiary/aromatic N) is 2. The third-order valence-electron chi connectivity index (χ3n) is 4.58. The number of hydrogen-bond acceptors (Lipinski definition) is 5. The number of β-amino-alcohol motifs (C(OH)–C–C–N with tert-alkyl or cyclic N) is 1. The zero-order valence-electron chi connectivity index (χ0n) is 15.6. The highest BCUT2D eigenvalue weighted by molar-refractivity contribution is 5.87. The molecule has 1 atom stereocenters. The molecule has 2 aromatic rings. The molecule has 0 saturated carbocycles. The highest BCUT2D eigenvalue weighted by atomic mass is 19.1. The van der Waals surface area contributed by atoms with Gasteiger partial charge in [0.2, 0.25) is 0 Å². The summed E-state index contributed by atoms with van der Waals surface area (Å²) in [6, 6.07) is 12.8. The molecule has 1 unspecified atom stereocenters. The first-order valence-corrected chi connectivity index (χ1v) is 9.20. The minimum absolute atomic E-state index is 0.173. The molecule has 0 aromatic heterocycles. The summed E-state index contributed by atoms with van der Waals surface area (Å²) < 4.78 is 19.0. The summed E-state index contributed by atoms with van der Waals surface area (Å²) in [4.78, 5) is 15.1. The summed E-state index contributed by atoms with van der Waals surface area (Å²) in [5.74, 6) is 0.371. The zero-order valence-corrected chi connectivity index (χ0v) is 15.6. The van der Waals surface area contributed by atoms with Crippen LogP contribution in [0.3, 0.4) is 0 Å². The molecular formula is C20H25FN4O3. The van der Waals surface area contributed by atoms with E-state index in [9.17, 15) is 14.3 Å². The maximum atomic E-state index is 13.4. The van der Waals surface area contributed by atoms with Crippen LogP contribution in [0.1, 0.15) is 0 Å². The van der Waals surface area contributed by atoms with E-state index in [-0.39, 0.29) is 12.4 Å². The van der Waals surface area contributed by atoms with Gasteiger partial charge in [0, 0.05) is 44.1 Å². The number of nitrogens with two attached hydrogens (primary N) is 1. The Morgan fingerprint density at radius 3 is 2.54 bits per heavy atom. The van der Waals surface area contributed by atoms with Crippen LogP contribution < -0.4 is 20.7 Å². The number of carbonyl (C=O) groups excluding carboxylic acids is 1. The number of anilines is 2. The summed E-state index contributed by atoms with van der Waals surface area (Å²) in [6.45, 7) is 3.84. The average Bonchev–Trinajstić information content (AvgIpc) is 2.68. The van der Waals surface area contributed by atoms with Gasteiger partial charge in [-0.05, 0) is 42.5 Å². The van der Waals surface area contributed by atoms with Crippen LogP contribution in [0.2, 0.25) is 0 Å². The Morgan fingerprint density at radius 2 is 1.89 bits per heavy atom. The first kappa shape index (κ1) is 19.9. The average molecular weight is 388 g/mol. The normalized spacial score (nSPS) is 15.9. The number of piperazine rings is 1. The molecule has 0 bridgehead atoms. The quantitative estimate of drug-likeness (QED) is 0.674. The molecule has 2 amide bonds. The van der Waals surface area contributed by atoms with E-state index in [2.05, 4.69) is 15.1 Å². The van der Waals surface area contributed by atoms with Crippen molar-refractivity contribution in [1.82, 2.24) is 4.90 Å². The molecule has 1 fully saturated rings. The van der Waals surface area contributed by atoms with Crippen LogP contribution in [0.25, 0.3) is 0 Å². The highest BCUT2D eigenvalue weighted by Gasteiger charge is 2.20. The van der Waals surface area contributed by atoms with Gasteiger partial charge in [-0.15, -0.1) is 0 Å². The third kappa shape index (κ3) is 5.83. The van der Waals surface area contributed by atoms with Crippen molar-refractivity contribution in [3.63, 3.8) is 0 Å². The molecule has 1 saturated heterocycles. The van der Waals surface area contributed by atoms with Crippen LogP contribution >= 0.6 is 0 Å². The second-order valence-electron chi connectivity index (χ2n) is 6.75. The standard InChI is InChI=1S/C20H25FN4O3/c21-15-2-1-3-17(12-15)25-10-8-24(9-11-25)13-18(26)14-28-19-6-4-16(5-7-19)23-20(22)27/h1-7,12,18,26H,8-11,13-14H2,(H3,22,23,27). The Labute approximate surface area is 163 Å². The van der Waals surface area contributed by atoms with Crippen molar-refractivity contribution < 1.29 is 19.0 Å². The van der Waals surface area contributed by atoms with Crippen molar-refractivity contribution in [3.8, 4) is 5.75 Å². The Hall–Kier alpha value is -2.84. The highest BCUT2D eigenvalue weighted by Crippen LogP contribution is 2.18. The molecule has 1 heterocycles. The molecule has 0 spiro atoms. The van der Waals surface area contributed by atoms with Crippen LogP contribution in [0, 0.1) is 5.82 Å². The number of ether oxygens (including phenoxy) is 1. The molecule has 1 aliphatic rings. The van der Waals surface area contributed by atoms with Gasteiger partial charge in [0.1, 0.15) is 24.3 Å². The Bertz CT molecular complexity index is 779. The minimum Gasteiger partial charge on any atom is -0.491 e. The summed E-state index contributed by atoms with van der Waals surface area (Å²) in [7, 11) is 0. The van der Waals surface area contributed by atoms with Crippen molar-refractivity contribution in [2.45, 2.75) is 6.10 Å². The van der Waals surface area contributed by atoms with E-state index in [0.717, 1.165) is 31.9 Å². The molecule has 3 rings (SSSR count). The van der Waals surface area contributed by atoms with E-state index in [1.165, 1.54) is 6.07 Å². The number of amides is 2. The summed E-state index contributed by atoms with van der Waals surface area (Å²) >= 11 is 0. The summed E-state index contributed by atoms with van der Waals surface area (Å²) in [5.41, 5.74) is 6.53. The van der Waals surface area contributed by atoms with Gasteiger partial charge in [0.05, 0.1) is 0 Å². The van der Waals surface area contributed by atoms with E-state index in [0.29, 0.717) is 18.0 Å². The van der Waals surface area contributed by atoms with Crippen LogP contribution in [0.15, 0.2) is 48.5 Å². The number of carbonyl (C=O) groups is 1. The van der Waals surface area contributed by atoms with Crippen LogP contribution in [-0.2, 0) is 0 Å². The van der Waals surface area contributed by atoms with Crippen molar-refractivity contribution in [1.29, 1.82) is 0 Å². The molecule has 1 aliphatic heterocycles. The molecular weight excluding hydrogens is 363 g/mol. The van der Waals surface area contributed by atoms with Crippen LogP contribution in [0.5, 0.6) is 5.75 Å². The van der Waals surface area contributed by atoms with E-state index >= 15 is 0 Å². The lowest BCUT2D eigenvalue weighted by Gasteiger charge is -2.36. The minimum atomic E-state index is -0.624. The number of nitrogens with one attached hydrogen (secondary N) is 1. The number of rotatable bonds is 7. The van der Waals surface area contributed by atoms with Crippen LogP contribution in [0.4, 0.5) is 20.6 Å². The Balaban J connectivity index is 1.39. The SMILES string of the molecule is NC(=O)Nc1ccc(OCC(O)CN2CCN(c3cccc(F)c3)CC2)cc1. The van der Waals surface area contributed by atoms with E-state index in [1.807, 2.05) is 6.07 Å². The fourth-order valence-corrected chi connectivity index (χ4v) is 3.18. The third-order valence-corrected chi connectivity index (χ3v) is 4.58. The van der Waals surface area contributed by atoms with Gasteiger partial charge in [0.25, 0.3) is 0 Å². The van der Waals surface area contributed by atoms with E-state index < -0.39 is 12.1 Å². The molecule has 150 valence electrons. The number of benzene rings is 2. The molecule has 28 heavy (non-hydrogen) atoms. The molecule has 0 radical (unpaired) electrons. The zero-order chi connectivity index (χ0) is 19.9. The number of aliphatic hydroxyl groups excluding tert-OH is 1. The predicted molar refractivity (Wildman–Crippen MR) is 106 cm³/mol. The number of aliphatic hydroxyl groups is 1. The predicted octanol–water partition coefficient (Wildman–Crippen LogP) is 1.88. The van der Waals surface area contributed by atoms with Gasteiger partial charge < -0.3 is 25.8 Å². The molecule has 8 heteroatoms. The van der Waals surface area contributed by atoms with Gasteiger partial charge >= 0.3 is 6.03 Å². The number of halogens is 1. The van der Waals surface area contributed by atoms with Gasteiger partial charge in [-0.25, -0.2) is 9.18 Å². The monoisotopic (exact) mass is 388 g/mol. The maximum Gasteiger partial charge on any atom is 0.316 e. The second-order valence-corrected chi connectivity index (χ2v) is 6.75. The van der Waals surface area contributed by atoms with E-state index in [1.54, 1.807) is 36.4 Å². The Kier molecular flexibility index (Phi) is 6.67. The van der Waals surface area contributed by atoms with Gasteiger partial charge in [-0.2, -0.15) is 0 Å². The van der Waals surface area contributed by atoms with Gasteiger partial charge in [0.15, 0.2) is 0 Å². The lowest BCUT2D eigenvalue weighted by Crippen LogP contribution is -2.49. The topological polar surface area (TPSA) is 91.1 Å². The first-order chi connectivity index (χ1) is 13.5. The number of hydrogen-bond donors (Lipinski definition) is 3. The second kappa shape index (κ2) is 9.38. The van der Waals surface area contributed by atoms with Crippen LogP contribution in [-0.4, -0.2) is 61.5 Å². The van der Waals surface area contributed by atoms with Crippen molar-refractivity contribution in [3.05, 3.63) is 54.3 Å². The smallest absolute Gasteiger partial charge is 0.316 e. The van der Waals surface area contributed by atoms with Crippen molar-refractivity contribution in [2.24, 2.45) is 5.73 Å². The van der Waals surface area contributed by atoms with Gasteiger partial charge in [-0.3, -0.25) is 4.90 Å². The Morgan fingerprint density at radius 1 is 1.18 bits per heavy atom. The lowest BCUT2D eigenvalue weighted by molar-refractivity contribution is 0.0663. The molecule has 2 aromatic carbocycles. The maximum absolute atomic E-state index is 13.4. The lowest BCUT2D eigenvalue weighted by atomic mass is 10.2. The number of urea groups is 1. The molecule has 0 aliphatic carbocycles. The first-order valence-electron chi connectivity index (χ1n) is 9.20. The van der Waals surface area contributed by atoms with Gasteiger partial charge in [-0.1, -0.05) is 6.07 Å². The fourth-order valence-electron chi connectivity index (χ4n) is 3.18. The summed E-state index contributed by atoms with van der Waals surface area (Å²) in [5, 5.41) is 12.7. The fraction of sp³-hybridized carbons (Fsp3) is 0.350. The largest absolute Gasteiger partial charge is 0.491 e. The number of primary amides is 1. The van der Waals surface area contributed by atoms with Crippen molar-refractivity contribution in [2.75, 3.05) is 49.5 Å². The van der Waals surface area contributed by atoms with E-state index in [4.69, 9.17) is 10.5 Å². The molecule has 7 nitrogen and oxygen atoms in total.